The number of likely N-dealkylation sites (N-methyl/N-ethyl adjacent to an activating group) is 1. The van der Waals surface area contributed by atoms with Crippen LogP contribution in [0.1, 0.15) is 48.9 Å². The van der Waals surface area contributed by atoms with Crippen LogP contribution in [0.3, 0.4) is 0 Å². The molecule has 3 fully saturated rings. The zero-order valence-electron chi connectivity index (χ0n) is 28.1. The van der Waals surface area contributed by atoms with E-state index in [1.807, 2.05) is 30.3 Å². The van der Waals surface area contributed by atoms with Gasteiger partial charge in [-0.3, -0.25) is 9.80 Å². The Morgan fingerprint density at radius 3 is 2.53 bits per heavy atom. The van der Waals surface area contributed by atoms with Gasteiger partial charge in [-0.1, -0.05) is 66.7 Å². The van der Waals surface area contributed by atoms with Crippen LogP contribution in [0.15, 0.2) is 72.8 Å². The molecule has 1 aromatic heterocycles. The Morgan fingerprint density at radius 2 is 1.78 bits per heavy atom. The maximum Gasteiger partial charge on any atom is 0.407 e. The van der Waals surface area contributed by atoms with Gasteiger partial charge in [0.15, 0.2) is 0 Å². The Kier molecular flexibility index (Phi) is 8.03. The molecular weight excluding hydrogens is 614 g/mol. The van der Waals surface area contributed by atoms with Crippen molar-refractivity contribution in [2.45, 2.75) is 68.7 Å². The van der Waals surface area contributed by atoms with Crippen LogP contribution in [0.25, 0.3) is 10.8 Å². The summed E-state index contributed by atoms with van der Waals surface area (Å²) in [6, 6.07) is 27.9. The van der Waals surface area contributed by atoms with Crippen LogP contribution < -0.4 is 14.5 Å². The van der Waals surface area contributed by atoms with Gasteiger partial charge in [0.2, 0.25) is 0 Å². The molecule has 49 heavy (non-hydrogen) atoms. The number of amides is 1. The van der Waals surface area contributed by atoms with Crippen LogP contribution in [-0.2, 0) is 19.4 Å². The van der Waals surface area contributed by atoms with Crippen LogP contribution in [-0.4, -0.2) is 87.9 Å². The summed E-state index contributed by atoms with van der Waals surface area (Å²) in [6.07, 6.45) is 4.50. The standard InChI is InChI=1S/C39H43N7O3/c1-43-21-8-15-34(43)39(17-18-39)49-36-41-32-26-44(33-14-7-12-29-11-5-6-13-30(29)33)22-16-31(32)35(42-36)45-23-24-46(37(47)48)38(27-45,19-20-40)25-28-9-3-2-4-10-28/h2-7,9-14,34H,8,15-19,21-27H2,1H3,(H,47,48)/t34-,38-/m1/s1. The summed E-state index contributed by atoms with van der Waals surface area (Å²) in [5.74, 6) is 0.813. The lowest BCUT2D eigenvalue weighted by molar-refractivity contribution is 0.0659. The second-order valence-electron chi connectivity index (χ2n) is 14.3. The quantitative estimate of drug-likeness (QED) is 0.248. The fraction of sp³-hybridized carbons (Fsp3) is 0.436. The molecular formula is C39H43N7O3. The van der Waals surface area contributed by atoms with Gasteiger partial charge in [-0.05, 0) is 69.1 Å². The highest BCUT2D eigenvalue weighted by atomic mass is 16.5. The number of carboxylic acid groups (broad SMARTS) is 1. The van der Waals surface area contributed by atoms with Crippen molar-refractivity contribution in [2.75, 3.05) is 49.6 Å². The zero-order valence-corrected chi connectivity index (χ0v) is 28.1. The lowest BCUT2D eigenvalue weighted by Gasteiger charge is -2.49. The van der Waals surface area contributed by atoms with Crippen molar-refractivity contribution in [3.63, 3.8) is 0 Å². The second kappa shape index (κ2) is 12.5. The van der Waals surface area contributed by atoms with Crippen molar-refractivity contribution in [3.8, 4) is 12.1 Å². The van der Waals surface area contributed by atoms with Gasteiger partial charge in [-0.2, -0.15) is 15.2 Å². The number of likely N-dealkylation sites (tertiary alicyclic amines) is 1. The number of nitrogens with zero attached hydrogens (tertiary/aromatic N) is 7. The Bertz CT molecular complexity index is 1900. The Hall–Kier alpha value is -4.88. The summed E-state index contributed by atoms with van der Waals surface area (Å²) in [4.78, 5) is 31.5. The molecule has 10 nitrogen and oxygen atoms in total. The number of nitriles is 1. The van der Waals surface area contributed by atoms with Crippen LogP contribution in [0.2, 0.25) is 0 Å². The van der Waals surface area contributed by atoms with Crippen molar-refractivity contribution in [2.24, 2.45) is 0 Å². The van der Waals surface area contributed by atoms with Crippen LogP contribution in [0.4, 0.5) is 16.3 Å². The molecule has 10 heteroatoms. The van der Waals surface area contributed by atoms with Crippen LogP contribution >= 0.6 is 0 Å². The molecule has 252 valence electrons. The number of carbonyl (C=O) groups is 1. The minimum atomic E-state index is -0.998. The number of hydrogen-bond acceptors (Lipinski definition) is 8. The highest BCUT2D eigenvalue weighted by Gasteiger charge is 2.55. The third-order valence-corrected chi connectivity index (χ3v) is 11.3. The molecule has 4 heterocycles. The average molecular weight is 658 g/mol. The molecule has 2 atom stereocenters. The normalized spacial score (nSPS) is 23.3. The van der Waals surface area contributed by atoms with Crippen LogP contribution in [0.5, 0.6) is 6.01 Å². The molecule has 0 spiro atoms. The monoisotopic (exact) mass is 657 g/mol. The molecule has 1 N–H and O–H groups in total. The lowest BCUT2D eigenvalue weighted by Crippen LogP contribution is -2.65. The number of hydrogen-bond donors (Lipinski definition) is 1. The molecule has 1 amide bonds. The van der Waals surface area contributed by atoms with E-state index < -0.39 is 11.6 Å². The number of rotatable bonds is 8. The maximum absolute atomic E-state index is 12.7. The number of fused-ring (bicyclic) bond motifs is 2. The Balaban J connectivity index is 1.19. The van der Waals surface area contributed by atoms with Gasteiger partial charge in [0.25, 0.3) is 0 Å². The van der Waals surface area contributed by atoms with Gasteiger partial charge >= 0.3 is 12.1 Å². The Morgan fingerprint density at radius 1 is 0.980 bits per heavy atom. The van der Waals surface area contributed by atoms with Gasteiger partial charge in [-0.25, -0.2) is 4.79 Å². The Labute approximate surface area is 287 Å². The molecule has 4 aliphatic rings. The van der Waals surface area contributed by atoms with E-state index in [-0.39, 0.29) is 18.6 Å². The van der Waals surface area contributed by atoms with Crippen molar-refractivity contribution < 1.29 is 14.6 Å². The first kappa shape index (κ1) is 31.4. The second-order valence-corrected chi connectivity index (χ2v) is 14.3. The molecule has 0 unspecified atom stereocenters. The smallest absolute Gasteiger partial charge is 0.407 e. The average Bonchev–Trinajstić information content (AvgIpc) is 3.75. The highest BCUT2D eigenvalue weighted by Crippen LogP contribution is 2.48. The van der Waals surface area contributed by atoms with Crippen molar-refractivity contribution in [1.82, 2.24) is 19.8 Å². The number of anilines is 2. The van der Waals surface area contributed by atoms with E-state index in [1.165, 1.54) is 27.8 Å². The van der Waals surface area contributed by atoms with Gasteiger partial charge in [0, 0.05) is 48.9 Å². The lowest BCUT2D eigenvalue weighted by atomic mass is 9.83. The number of aromatic nitrogens is 2. The maximum atomic E-state index is 12.7. The first-order chi connectivity index (χ1) is 23.9. The highest BCUT2D eigenvalue weighted by molar-refractivity contribution is 5.94. The zero-order chi connectivity index (χ0) is 33.6. The summed E-state index contributed by atoms with van der Waals surface area (Å²) in [5, 5.41) is 22.9. The van der Waals surface area contributed by atoms with Gasteiger partial charge in [-0.15, -0.1) is 0 Å². The first-order valence-corrected chi connectivity index (χ1v) is 17.6. The fourth-order valence-electron chi connectivity index (χ4n) is 8.71. The van der Waals surface area contributed by atoms with Crippen molar-refractivity contribution >= 4 is 28.4 Å². The molecule has 8 rings (SSSR count). The van der Waals surface area contributed by atoms with E-state index in [0.717, 1.165) is 61.4 Å². The summed E-state index contributed by atoms with van der Waals surface area (Å²) in [6.45, 7) is 3.60. The van der Waals surface area contributed by atoms with E-state index in [2.05, 4.69) is 70.3 Å². The topological polar surface area (TPSA) is 109 Å². The number of benzene rings is 3. The third kappa shape index (κ3) is 5.80. The van der Waals surface area contributed by atoms with Crippen molar-refractivity contribution in [1.29, 1.82) is 5.26 Å². The van der Waals surface area contributed by atoms with Gasteiger partial charge < -0.3 is 19.6 Å². The van der Waals surface area contributed by atoms with E-state index >= 15 is 0 Å². The summed E-state index contributed by atoms with van der Waals surface area (Å²) in [5.41, 5.74) is 3.00. The minimum Gasteiger partial charge on any atom is -0.465 e. The molecule has 0 bridgehead atoms. The van der Waals surface area contributed by atoms with Gasteiger partial charge in [0.1, 0.15) is 11.4 Å². The molecule has 3 aromatic carbocycles. The molecule has 1 aliphatic carbocycles. The predicted octanol–water partition coefficient (Wildman–Crippen LogP) is 5.89. The van der Waals surface area contributed by atoms with E-state index in [0.29, 0.717) is 38.1 Å². The number of piperazine rings is 1. The predicted molar refractivity (Wildman–Crippen MR) is 189 cm³/mol. The summed E-state index contributed by atoms with van der Waals surface area (Å²) in [7, 11) is 2.19. The number of ether oxygens (including phenoxy) is 1. The SMILES string of the molecule is CN1CCC[C@@H]1C1(Oc2nc3c(c(N4CCN(C(=O)O)[C@](CC#N)(Cc5ccccc5)C4)n2)CCN(c2cccc4ccccc24)C3)CC1. The molecule has 4 aromatic rings. The van der Waals surface area contributed by atoms with Crippen molar-refractivity contribution in [3.05, 3.63) is 89.6 Å². The summed E-state index contributed by atoms with van der Waals surface area (Å²) >= 11 is 0. The van der Waals surface area contributed by atoms with E-state index in [9.17, 15) is 15.2 Å². The summed E-state index contributed by atoms with van der Waals surface area (Å²) < 4.78 is 6.86. The third-order valence-electron chi connectivity index (χ3n) is 11.3. The molecule has 1 saturated carbocycles. The molecule has 0 radical (unpaired) electrons. The van der Waals surface area contributed by atoms with E-state index in [1.54, 1.807) is 0 Å². The first-order valence-electron chi connectivity index (χ1n) is 17.6. The molecule has 3 aliphatic heterocycles. The largest absolute Gasteiger partial charge is 0.465 e. The van der Waals surface area contributed by atoms with E-state index in [4.69, 9.17) is 14.7 Å². The molecule has 2 saturated heterocycles. The fourth-order valence-corrected chi connectivity index (χ4v) is 8.71. The van der Waals surface area contributed by atoms with Gasteiger partial charge in [0.05, 0.1) is 30.3 Å². The minimum absolute atomic E-state index is 0.0767. The van der Waals surface area contributed by atoms with Crippen LogP contribution in [0, 0.1) is 11.3 Å².